The highest BCUT2D eigenvalue weighted by Crippen LogP contribution is 2.20. The van der Waals surface area contributed by atoms with Crippen LogP contribution in [0.1, 0.15) is 20.3 Å². The molecule has 0 aromatic heterocycles. The first-order chi connectivity index (χ1) is 7.92. The van der Waals surface area contributed by atoms with E-state index in [1.54, 1.807) is 13.8 Å². The average Bonchev–Trinajstić information content (AvgIpc) is 2.31. The number of methoxy groups -OCH3 is 1. The number of amides is 1. The fraction of sp³-hybridized carbons (Fsp3) is 0.417. The summed E-state index contributed by atoms with van der Waals surface area (Å²) in [5.41, 5.74) is -1.09. The molecule has 0 bridgehead atoms. The van der Waals surface area contributed by atoms with Crippen LogP contribution in [0.2, 0.25) is 0 Å². The van der Waals surface area contributed by atoms with Crippen LogP contribution in [0.4, 0.5) is 14.5 Å². The van der Waals surface area contributed by atoms with Gasteiger partial charge in [-0.3, -0.25) is 4.79 Å². The fourth-order valence-electron chi connectivity index (χ4n) is 1.24. The molecule has 1 N–H and O–H groups in total. The van der Waals surface area contributed by atoms with Crippen molar-refractivity contribution in [3.8, 4) is 0 Å². The first-order valence-corrected chi connectivity index (χ1v) is 5.24. The largest absolute Gasteiger partial charge is 0.369 e. The van der Waals surface area contributed by atoms with E-state index < -0.39 is 23.1 Å². The number of hydrogen-bond acceptors (Lipinski definition) is 2. The summed E-state index contributed by atoms with van der Waals surface area (Å²) in [7, 11) is 1.41. The highest BCUT2D eigenvalue weighted by Gasteiger charge is 2.31. The van der Waals surface area contributed by atoms with Gasteiger partial charge in [0.2, 0.25) is 0 Å². The quantitative estimate of drug-likeness (QED) is 0.883. The molecule has 0 aliphatic heterocycles. The summed E-state index contributed by atoms with van der Waals surface area (Å²) in [6, 6.07) is 2.97. The van der Waals surface area contributed by atoms with Crippen LogP contribution in [0.3, 0.4) is 0 Å². The first kappa shape index (κ1) is 13.6. The SMILES string of the molecule is CCC(C)(OC)C(=O)Nc1ccc(F)cc1F. The highest BCUT2D eigenvalue weighted by molar-refractivity contribution is 5.97. The molecule has 94 valence electrons. The predicted octanol–water partition coefficient (Wildman–Crippen LogP) is 2.72. The Balaban J connectivity index is 2.88. The lowest BCUT2D eigenvalue weighted by Gasteiger charge is -2.25. The van der Waals surface area contributed by atoms with E-state index >= 15 is 0 Å². The zero-order valence-electron chi connectivity index (χ0n) is 10.0. The van der Waals surface area contributed by atoms with Crippen LogP contribution in [0.25, 0.3) is 0 Å². The zero-order chi connectivity index (χ0) is 13.1. The van der Waals surface area contributed by atoms with Gasteiger partial charge in [-0.05, 0) is 25.5 Å². The molecule has 0 aliphatic rings. The van der Waals surface area contributed by atoms with E-state index in [2.05, 4.69) is 5.32 Å². The summed E-state index contributed by atoms with van der Waals surface area (Å²) >= 11 is 0. The molecular formula is C12H15F2NO2. The molecule has 0 saturated carbocycles. The van der Waals surface area contributed by atoms with Crippen LogP contribution in [-0.2, 0) is 9.53 Å². The summed E-state index contributed by atoms with van der Waals surface area (Å²) in [6.07, 6.45) is 0.443. The van der Waals surface area contributed by atoms with Gasteiger partial charge in [-0.2, -0.15) is 0 Å². The van der Waals surface area contributed by atoms with Crippen molar-refractivity contribution in [2.75, 3.05) is 12.4 Å². The Hall–Kier alpha value is -1.49. The number of ether oxygens (including phenoxy) is 1. The summed E-state index contributed by atoms with van der Waals surface area (Å²) in [6.45, 7) is 3.38. The number of carbonyl (C=O) groups excluding carboxylic acids is 1. The minimum absolute atomic E-state index is 0.0619. The van der Waals surface area contributed by atoms with E-state index in [0.29, 0.717) is 12.5 Å². The molecule has 17 heavy (non-hydrogen) atoms. The maximum Gasteiger partial charge on any atom is 0.256 e. The van der Waals surface area contributed by atoms with E-state index in [4.69, 9.17) is 4.74 Å². The topological polar surface area (TPSA) is 38.3 Å². The van der Waals surface area contributed by atoms with Crippen molar-refractivity contribution in [3.63, 3.8) is 0 Å². The van der Waals surface area contributed by atoms with E-state index in [0.717, 1.165) is 6.07 Å². The van der Waals surface area contributed by atoms with Crippen LogP contribution in [0.15, 0.2) is 18.2 Å². The van der Waals surface area contributed by atoms with Gasteiger partial charge >= 0.3 is 0 Å². The molecule has 1 aromatic rings. The minimum atomic E-state index is -1.03. The van der Waals surface area contributed by atoms with Crippen molar-refractivity contribution >= 4 is 11.6 Å². The number of nitrogens with one attached hydrogen (secondary N) is 1. The Morgan fingerprint density at radius 1 is 1.47 bits per heavy atom. The second-order valence-electron chi connectivity index (χ2n) is 3.87. The van der Waals surface area contributed by atoms with Gasteiger partial charge in [-0.25, -0.2) is 8.78 Å². The molecule has 1 amide bonds. The molecule has 5 heteroatoms. The normalized spacial score (nSPS) is 14.2. The summed E-state index contributed by atoms with van der Waals surface area (Å²) < 4.78 is 31.1. The predicted molar refractivity (Wildman–Crippen MR) is 60.7 cm³/mol. The van der Waals surface area contributed by atoms with Gasteiger partial charge in [0.1, 0.15) is 17.2 Å². The van der Waals surface area contributed by atoms with E-state index in [1.165, 1.54) is 13.2 Å². The Morgan fingerprint density at radius 2 is 2.12 bits per heavy atom. The van der Waals surface area contributed by atoms with E-state index in [9.17, 15) is 13.6 Å². The van der Waals surface area contributed by atoms with E-state index in [-0.39, 0.29) is 5.69 Å². The van der Waals surface area contributed by atoms with E-state index in [1.807, 2.05) is 0 Å². The first-order valence-electron chi connectivity index (χ1n) is 5.24. The number of hydrogen-bond donors (Lipinski definition) is 1. The van der Waals surface area contributed by atoms with Crippen molar-refractivity contribution < 1.29 is 18.3 Å². The number of halogens is 2. The molecule has 1 atom stereocenters. The lowest BCUT2D eigenvalue weighted by Crippen LogP contribution is -2.41. The van der Waals surface area contributed by atoms with Crippen LogP contribution in [0.5, 0.6) is 0 Å². The van der Waals surface area contributed by atoms with Gasteiger partial charge < -0.3 is 10.1 Å². The second kappa shape index (κ2) is 5.23. The molecular weight excluding hydrogens is 228 g/mol. The molecule has 1 rings (SSSR count). The van der Waals surface area contributed by atoms with Crippen LogP contribution in [-0.4, -0.2) is 18.6 Å². The third kappa shape index (κ3) is 3.00. The van der Waals surface area contributed by atoms with Gasteiger partial charge in [-0.1, -0.05) is 6.92 Å². The highest BCUT2D eigenvalue weighted by atomic mass is 19.1. The summed E-state index contributed by atoms with van der Waals surface area (Å²) in [4.78, 5) is 11.8. The molecule has 0 radical (unpaired) electrons. The van der Waals surface area contributed by atoms with Crippen molar-refractivity contribution in [1.29, 1.82) is 0 Å². The van der Waals surface area contributed by atoms with Crippen LogP contribution < -0.4 is 5.32 Å². The maximum atomic E-state index is 13.3. The third-order valence-corrected chi connectivity index (χ3v) is 2.78. The molecule has 0 spiro atoms. The van der Waals surface area contributed by atoms with Gasteiger partial charge in [0.05, 0.1) is 5.69 Å². The van der Waals surface area contributed by atoms with Crippen molar-refractivity contribution in [2.45, 2.75) is 25.9 Å². The third-order valence-electron chi connectivity index (χ3n) is 2.78. The zero-order valence-corrected chi connectivity index (χ0v) is 10.0. The average molecular weight is 243 g/mol. The molecule has 0 heterocycles. The van der Waals surface area contributed by atoms with Gasteiger partial charge in [0.25, 0.3) is 5.91 Å². The molecule has 1 aromatic carbocycles. The van der Waals surface area contributed by atoms with Gasteiger partial charge in [0, 0.05) is 13.2 Å². The fourth-order valence-corrected chi connectivity index (χ4v) is 1.24. The summed E-state index contributed by atoms with van der Waals surface area (Å²) in [5.74, 6) is -1.97. The molecule has 0 fully saturated rings. The molecule has 1 unspecified atom stereocenters. The summed E-state index contributed by atoms with van der Waals surface area (Å²) in [5, 5.41) is 2.37. The molecule has 0 aliphatic carbocycles. The van der Waals surface area contributed by atoms with Crippen molar-refractivity contribution in [2.24, 2.45) is 0 Å². The standard InChI is InChI=1S/C12H15F2NO2/c1-4-12(2,17-3)11(16)15-10-6-5-8(13)7-9(10)14/h5-7H,4H2,1-3H3,(H,15,16). The van der Waals surface area contributed by atoms with Gasteiger partial charge in [0.15, 0.2) is 0 Å². The number of carbonyl (C=O) groups is 1. The van der Waals surface area contributed by atoms with Crippen molar-refractivity contribution in [1.82, 2.24) is 0 Å². The van der Waals surface area contributed by atoms with Crippen LogP contribution in [0, 0.1) is 11.6 Å². The lowest BCUT2D eigenvalue weighted by atomic mass is 10.0. The number of rotatable bonds is 4. The minimum Gasteiger partial charge on any atom is -0.369 e. The Kier molecular flexibility index (Phi) is 4.17. The smallest absolute Gasteiger partial charge is 0.256 e. The molecule has 3 nitrogen and oxygen atoms in total. The van der Waals surface area contributed by atoms with Gasteiger partial charge in [-0.15, -0.1) is 0 Å². The Morgan fingerprint density at radius 3 is 2.59 bits per heavy atom. The van der Waals surface area contributed by atoms with Crippen molar-refractivity contribution in [3.05, 3.63) is 29.8 Å². The molecule has 0 saturated heterocycles. The lowest BCUT2D eigenvalue weighted by molar-refractivity contribution is -0.136. The Labute approximate surface area is 98.8 Å². The van der Waals surface area contributed by atoms with Crippen LogP contribution >= 0.6 is 0 Å². The Bertz CT molecular complexity index is 417. The maximum absolute atomic E-state index is 13.3. The number of benzene rings is 1. The number of anilines is 1. The monoisotopic (exact) mass is 243 g/mol. The second-order valence-corrected chi connectivity index (χ2v) is 3.87.